The molecular weight excluding hydrogens is 627 g/mol. The number of hydrogen-bond acceptors (Lipinski definition) is 2. The van der Waals surface area contributed by atoms with Crippen molar-refractivity contribution < 1.29 is 45.8 Å². The summed E-state index contributed by atoms with van der Waals surface area (Å²) in [7, 11) is 0. The summed E-state index contributed by atoms with van der Waals surface area (Å²) >= 11 is 0. The Morgan fingerprint density at radius 2 is 0.585 bits per heavy atom. The minimum Gasteiger partial charge on any atom is -0.507 e. The quantitative estimate of drug-likeness (QED) is 0.290. The smallest absolute Gasteiger partial charge is 0.123 e. The summed E-state index contributed by atoms with van der Waals surface area (Å²) in [5, 5.41) is 20.5. The largest absolute Gasteiger partial charge is 0.507 e. The van der Waals surface area contributed by atoms with Gasteiger partial charge in [-0.1, -0.05) is 138 Å². The van der Waals surface area contributed by atoms with Gasteiger partial charge in [-0.15, -0.1) is 0 Å². The van der Waals surface area contributed by atoms with Crippen molar-refractivity contribution in [3.63, 3.8) is 0 Å². The van der Waals surface area contributed by atoms with Crippen molar-refractivity contribution in [1.82, 2.24) is 0 Å². The van der Waals surface area contributed by atoms with Crippen LogP contribution in [-0.4, -0.2) is 10.2 Å². The number of aromatic hydroxyl groups is 2. The first-order chi connectivity index (χ1) is 17.8. The van der Waals surface area contributed by atoms with E-state index in [1.54, 1.807) is 0 Å². The third-order valence-corrected chi connectivity index (χ3v) is 8.12. The summed E-state index contributed by atoms with van der Waals surface area (Å²) in [6, 6.07) is 12.1. The molecule has 226 valence electrons. The van der Waals surface area contributed by atoms with Crippen LogP contribution in [0.2, 0.25) is 0 Å². The molecule has 2 N–H and O–H groups in total. The van der Waals surface area contributed by atoms with E-state index in [4.69, 9.17) is 0 Å². The Bertz CT molecular complexity index is 1070. The fourth-order valence-corrected chi connectivity index (χ4v) is 4.91. The maximum absolute atomic E-state index is 10.3. The molecule has 3 rings (SSSR count). The van der Waals surface area contributed by atoms with Crippen molar-refractivity contribution in [3.05, 3.63) is 86.9 Å². The molecule has 2 aromatic rings. The molecule has 2 aromatic carbocycles. The van der Waals surface area contributed by atoms with Gasteiger partial charge in [0, 0.05) is 41.5 Å². The molecule has 0 saturated heterocycles. The molecule has 3 heteroatoms. The summed E-state index contributed by atoms with van der Waals surface area (Å²) < 4.78 is 0. The summed E-state index contributed by atoms with van der Waals surface area (Å²) in [6.45, 7) is 36.4. The van der Waals surface area contributed by atoms with Gasteiger partial charge in [0.2, 0.25) is 0 Å². The fourth-order valence-electron chi connectivity index (χ4n) is 4.91. The van der Waals surface area contributed by atoms with E-state index in [2.05, 4.69) is 118 Å². The molecule has 2 nitrogen and oxygen atoms in total. The van der Waals surface area contributed by atoms with Gasteiger partial charge in [0.05, 0.1) is 0 Å². The molecule has 1 aliphatic carbocycles. The molecule has 0 saturated carbocycles. The zero-order valence-electron chi connectivity index (χ0n) is 29.4. The zero-order chi connectivity index (χ0) is 31.6. The van der Waals surface area contributed by atoms with E-state index in [-0.39, 0.29) is 57.3 Å². The summed E-state index contributed by atoms with van der Waals surface area (Å²) in [6.07, 6.45) is 0. The number of allylic oxidation sites excluding steroid dienone is 4. The Balaban J connectivity index is 0.000000591. The van der Waals surface area contributed by atoms with Crippen LogP contribution < -0.4 is 0 Å². The predicted octanol–water partition coefficient (Wildman–Crippen LogP) is 11.2. The second kappa shape index (κ2) is 14.5. The molecule has 0 spiro atoms. The standard InChI is InChI=1S/2C14H22O.C10H15.La/c2*1-13(2,3)10-8-7-9-11(12(10)15)14(4,5)6;1-6-7(2)9(4)10(5)8(6)3;/h2*7-9,15H,1-6H3;1-5H3;. The van der Waals surface area contributed by atoms with Crippen LogP contribution in [0.3, 0.4) is 0 Å². The van der Waals surface area contributed by atoms with Crippen LogP contribution in [0.5, 0.6) is 11.5 Å². The van der Waals surface area contributed by atoms with Crippen LogP contribution in [0.15, 0.2) is 58.7 Å². The van der Waals surface area contributed by atoms with Gasteiger partial charge in [-0.25, -0.2) is 0 Å². The maximum atomic E-state index is 10.3. The Morgan fingerprint density at radius 1 is 0.390 bits per heavy atom. The van der Waals surface area contributed by atoms with Gasteiger partial charge in [-0.3, -0.25) is 0 Å². The average Bonchev–Trinajstić information content (AvgIpc) is 2.94. The minimum absolute atomic E-state index is 0. The Morgan fingerprint density at radius 3 is 0.707 bits per heavy atom. The first-order valence-corrected chi connectivity index (χ1v) is 14.7. The number of phenols is 2. The van der Waals surface area contributed by atoms with Crippen LogP contribution in [0.4, 0.5) is 0 Å². The fraction of sp³-hybridized carbons (Fsp3) is 0.553. The summed E-state index contributed by atoms with van der Waals surface area (Å²) in [4.78, 5) is 0. The van der Waals surface area contributed by atoms with E-state index >= 15 is 0 Å². The molecule has 0 fully saturated rings. The van der Waals surface area contributed by atoms with E-state index in [1.165, 1.54) is 28.2 Å². The van der Waals surface area contributed by atoms with Gasteiger partial charge in [0.25, 0.3) is 0 Å². The van der Waals surface area contributed by atoms with Crippen LogP contribution in [-0.2, 0) is 21.7 Å². The van der Waals surface area contributed by atoms with Crippen LogP contribution in [0.25, 0.3) is 0 Å². The topological polar surface area (TPSA) is 40.5 Å². The molecule has 2 radical (unpaired) electrons. The Kier molecular flexibility index (Phi) is 14.0. The minimum atomic E-state index is -0.00859. The SMILES string of the molecule is CC(C)(C)c1cccc(C(C)(C)C)c1O.CC(C)(C)c1cccc(C(C)(C)C)c1O.C[C]1C(C)=C(C)C(C)=C1C.[La]. The molecule has 0 heterocycles. The van der Waals surface area contributed by atoms with Crippen molar-refractivity contribution in [3.8, 4) is 11.5 Å². The van der Waals surface area contributed by atoms with Gasteiger partial charge < -0.3 is 10.2 Å². The monoisotopic (exact) mass is 686 g/mol. The number of benzene rings is 2. The average molecular weight is 687 g/mol. The van der Waals surface area contributed by atoms with E-state index in [0.717, 1.165) is 22.3 Å². The van der Waals surface area contributed by atoms with Crippen molar-refractivity contribution in [1.29, 1.82) is 0 Å². The summed E-state index contributed by atoms with van der Waals surface area (Å²) in [5.74, 6) is 2.38. The number of para-hydroxylation sites is 2. The third kappa shape index (κ3) is 10.4. The maximum Gasteiger partial charge on any atom is 0.123 e. The second-order valence-corrected chi connectivity index (χ2v) is 15.5. The molecule has 41 heavy (non-hydrogen) atoms. The van der Waals surface area contributed by atoms with E-state index in [1.807, 2.05) is 36.4 Å². The van der Waals surface area contributed by atoms with Gasteiger partial charge in [0.1, 0.15) is 11.5 Å². The van der Waals surface area contributed by atoms with Crippen LogP contribution in [0.1, 0.15) is 140 Å². The van der Waals surface area contributed by atoms with E-state index in [9.17, 15) is 10.2 Å². The number of rotatable bonds is 0. The predicted molar refractivity (Wildman–Crippen MR) is 177 cm³/mol. The zero-order valence-corrected chi connectivity index (χ0v) is 33.1. The molecule has 0 bridgehead atoms. The normalized spacial score (nSPS) is 14.7. The first-order valence-electron chi connectivity index (χ1n) is 14.7. The van der Waals surface area contributed by atoms with Crippen molar-refractivity contribution >= 4 is 0 Å². The molecule has 0 aliphatic heterocycles. The van der Waals surface area contributed by atoms with E-state index in [0.29, 0.717) is 11.5 Å². The van der Waals surface area contributed by atoms with Gasteiger partial charge >= 0.3 is 0 Å². The van der Waals surface area contributed by atoms with Crippen molar-refractivity contribution in [2.45, 2.75) is 139 Å². The van der Waals surface area contributed by atoms with Gasteiger partial charge in [-0.2, -0.15) is 0 Å². The molecule has 1 aliphatic rings. The summed E-state index contributed by atoms with van der Waals surface area (Å²) in [5.41, 5.74) is 9.93. The Hall–Kier alpha value is -1.29. The molecule has 0 atom stereocenters. The Labute approximate surface area is 281 Å². The number of phenolic OH excluding ortho intramolecular Hbond substituents is 2. The molecule has 0 aromatic heterocycles. The second-order valence-electron chi connectivity index (χ2n) is 15.5. The van der Waals surface area contributed by atoms with Crippen molar-refractivity contribution in [2.24, 2.45) is 0 Å². The molecule has 0 unspecified atom stereocenters. The van der Waals surface area contributed by atoms with Gasteiger partial charge in [0.15, 0.2) is 0 Å². The van der Waals surface area contributed by atoms with Crippen LogP contribution in [0, 0.1) is 41.5 Å². The number of hydrogen-bond donors (Lipinski definition) is 2. The van der Waals surface area contributed by atoms with E-state index < -0.39 is 0 Å². The molecule has 0 amide bonds. The first kappa shape index (κ1) is 39.7. The van der Waals surface area contributed by atoms with Gasteiger partial charge in [-0.05, 0) is 82.8 Å². The molecular formula is C38H59LaO2. The van der Waals surface area contributed by atoms with Crippen LogP contribution >= 0.6 is 0 Å². The third-order valence-electron chi connectivity index (χ3n) is 8.12. The van der Waals surface area contributed by atoms with Crippen molar-refractivity contribution in [2.75, 3.05) is 0 Å².